The van der Waals surface area contributed by atoms with Crippen molar-refractivity contribution in [1.82, 2.24) is 19.8 Å². The third-order valence-electron chi connectivity index (χ3n) is 8.11. The van der Waals surface area contributed by atoms with E-state index in [9.17, 15) is 4.79 Å². The summed E-state index contributed by atoms with van der Waals surface area (Å²) in [5.74, 6) is 5.76. The summed E-state index contributed by atoms with van der Waals surface area (Å²) in [6.45, 7) is 19.8. The number of carbonyl (C=O) groups excluding carboxylic acids is 1. The fraction of sp³-hybridized carbons (Fsp3) is 0.667. The highest BCUT2D eigenvalue weighted by molar-refractivity contribution is 7.99. The second-order valence-corrected chi connectivity index (χ2v) is 14.2. The van der Waals surface area contributed by atoms with Gasteiger partial charge in [0.2, 0.25) is 0 Å². The van der Waals surface area contributed by atoms with E-state index in [2.05, 4.69) is 74.7 Å². The Bertz CT molecular complexity index is 1190. The number of likely N-dealkylation sites (tertiary alicyclic amines) is 2. The number of ether oxygens (including phenoxy) is 2. The van der Waals surface area contributed by atoms with Crippen molar-refractivity contribution in [2.24, 2.45) is 0 Å². The van der Waals surface area contributed by atoms with Gasteiger partial charge in [0.25, 0.3) is 6.47 Å². The van der Waals surface area contributed by atoms with Gasteiger partial charge in [-0.25, -0.2) is 9.97 Å². The molecule has 3 fully saturated rings. The number of hydrogen-bond donors (Lipinski definition) is 1. The molecule has 3 saturated heterocycles. The zero-order valence-corrected chi connectivity index (χ0v) is 28.1. The highest BCUT2D eigenvalue weighted by atomic mass is 32.2. The van der Waals surface area contributed by atoms with Gasteiger partial charge >= 0.3 is 0 Å². The number of aromatic nitrogens is 2. The summed E-state index contributed by atoms with van der Waals surface area (Å²) in [7, 11) is 2.22. The number of benzene rings is 1. The van der Waals surface area contributed by atoms with E-state index in [1.165, 1.54) is 56.6 Å². The van der Waals surface area contributed by atoms with Gasteiger partial charge in [-0.1, -0.05) is 26.3 Å². The van der Waals surface area contributed by atoms with Crippen LogP contribution in [0.5, 0.6) is 5.75 Å². The van der Waals surface area contributed by atoms with Gasteiger partial charge in [0.1, 0.15) is 35.9 Å². The number of hydrogen-bond acceptors (Lipinski definition) is 10. The highest BCUT2D eigenvalue weighted by Crippen LogP contribution is 2.41. The average Bonchev–Trinajstić information content (AvgIpc) is 3.16. The molecule has 0 bridgehead atoms. The lowest BCUT2D eigenvalue weighted by molar-refractivity contribution is -0.138. The molecule has 0 unspecified atom stereocenters. The molecule has 43 heavy (non-hydrogen) atoms. The summed E-state index contributed by atoms with van der Waals surface area (Å²) < 4.78 is 10.9. The molecule has 0 spiro atoms. The molecule has 0 atom stereocenters. The van der Waals surface area contributed by atoms with Gasteiger partial charge in [0.15, 0.2) is 0 Å². The first kappa shape index (κ1) is 33.3. The Balaban J connectivity index is 0.000000370. The molecule has 1 N–H and O–H groups in total. The number of aryl methyl sites for hydroxylation is 1. The minimum atomic E-state index is -0.318. The third kappa shape index (κ3) is 8.99. The van der Waals surface area contributed by atoms with Crippen LogP contribution >= 0.6 is 11.8 Å². The molecule has 4 aliphatic heterocycles. The van der Waals surface area contributed by atoms with Crippen molar-refractivity contribution in [2.75, 3.05) is 68.0 Å². The van der Waals surface area contributed by atoms with Crippen LogP contribution in [-0.4, -0.2) is 95.7 Å². The largest absolute Gasteiger partial charge is 0.486 e. The Hall–Kier alpha value is -2.56. The molecule has 1 aromatic carbocycles. The first-order chi connectivity index (χ1) is 20.6. The van der Waals surface area contributed by atoms with E-state index in [1.807, 2.05) is 32.5 Å². The predicted molar refractivity (Wildman–Crippen MR) is 178 cm³/mol. The van der Waals surface area contributed by atoms with Gasteiger partial charge in [-0.15, -0.1) is 0 Å². The van der Waals surface area contributed by atoms with Crippen molar-refractivity contribution >= 4 is 35.6 Å². The van der Waals surface area contributed by atoms with E-state index in [1.54, 1.807) is 6.33 Å². The summed E-state index contributed by atoms with van der Waals surface area (Å²) in [6.07, 6.45) is 5.41. The first-order valence-electron chi connectivity index (χ1n) is 15.9. The van der Waals surface area contributed by atoms with Crippen LogP contribution in [0.3, 0.4) is 0 Å². The minimum Gasteiger partial charge on any atom is -0.486 e. The number of nitrogens with zero attached hydrogens (tertiary/aromatic N) is 5. The molecular formula is C33H52N6O3S. The molecule has 0 radical (unpaired) electrons. The third-order valence-corrected chi connectivity index (χ3v) is 9.05. The van der Waals surface area contributed by atoms with Crippen LogP contribution in [0, 0.1) is 6.92 Å². The van der Waals surface area contributed by atoms with Crippen molar-refractivity contribution < 1.29 is 14.3 Å². The van der Waals surface area contributed by atoms with Crippen LogP contribution in [0.25, 0.3) is 0 Å². The Morgan fingerprint density at radius 1 is 1.09 bits per heavy atom. The second kappa shape index (κ2) is 15.4. The highest BCUT2D eigenvalue weighted by Gasteiger charge is 2.33. The Labute approximate surface area is 263 Å². The molecular weight excluding hydrogens is 560 g/mol. The monoisotopic (exact) mass is 612 g/mol. The fourth-order valence-electron chi connectivity index (χ4n) is 5.92. The number of carbonyl (C=O) groups is 1. The van der Waals surface area contributed by atoms with E-state index >= 15 is 0 Å². The Morgan fingerprint density at radius 2 is 1.77 bits per heavy atom. The molecule has 1 aromatic heterocycles. The normalized spacial score (nSPS) is 19.5. The standard InChI is InChI=1S/C25H34N6OS.C5H10O2.C3H8/c1-17-11-19(18-3-5-30(6-4-18)20-13-29(2)14-20)12-22-23(17)32-15-21-24(28-22)26-16-27-25(21)31-7-9-33-10-8-31;1-5(2,3)7-4-6;1-3-2/h11-12,16,18,20H,3-10,13-15H2,1-2H3,(H,26,27,28);4H,1-3H3;3H2,1-2H3. The molecule has 2 aromatic rings. The Morgan fingerprint density at radius 3 is 2.35 bits per heavy atom. The molecule has 238 valence electrons. The van der Waals surface area contributed by atoms with Crippen LogP contribution < -0.4 is 15.0 Å². The van der Waals surface area contributed by atoms with Gasteiger partial charge < -0.3 is 24.6 Å². The van der Waals surface area contributed by atoms with Crippen LogP contribution in [-0.2, 0) is 16.1 Å². The van der Waals surface area contributed by atoms with Crippen LogP contribution in [0.1, 0.15) is 76.5 Å². The second-order valence-electron chi connectivity index (χ2n) is 13.0. The van der Waals surface area contributed by atoms with Crippen molar-refractivity contribution in [3.8, 4) is 5.75 Å². The van der Waals surface area contributed by atoms with E-state index in [-0.39, 0.29) is 5.60 Å². The maximum absolute atomic E-state index is 9.60. The molecule has 4 aliphatic rings. The summed E-state index contributed by atoms with van der Waals surface area (Å²) in [5.41, 5.74) is 4.43. The van der Waals surface area contributed by atoms with Crippen molar-refractivity contribution in [3.63, 3.8) is 0 Å². The quantitative estimate of drug-likeness (QED) is 0.425. The lowest BCUT2D eigenvalue weighted by Crippen LogP contribution is -2.59. The number of likely N-dealkylation sites (N-methyl/N-ethyl adjacent to an activating group) is 1. The van der Waals surface area contributed by atoms with Gasteiger partial charge in [-0.3, -0.25) is 9.69 Å². The number of nitrogens with one attached hydrogen (secondary N) is 1. The zero-order valence-electron chi connectivity index (χ0n) is 27.3. The summed E-state index contributed by atoms with van der Waals surface area (Å²) in [6, 6.07) is 5.43. The van der Waals surface area contributed by atoms with E-state index in [0.29, 0.717) is 19.0 Å². The number of anilines is 3. The first-order valence-corrected chi connectivity index (χ1v) is 17.0. The summed E-state index contributed by atoms with van der Waals surface area (Å²) in [5, 5.41) is 3.63. The average molecular weight is 613 g/mol. The maximum Gasteiger partial charge on any atom is 0.293 e. The van der Waals surface area contributed by atoms with Gasteiger partial charge in [-0.2, -0.15) is 11.8 Å². The van der Waals surface area contributed by atoms with Gasteiger partial charge in [0.05, 0.1) is 11.3 Å². The van der Waals surface area contributed by atoms with Gasteiger partial charge in [0, 0.05) is 43.7 Å². The molecule has 5 heterocycles. The number of thioether (sulfide) groups is 1. The van der Waals surface area contributed by atoms with E-state index < -0.39 is 0 Å². The summed E-state index contributed by atoms with van der Waals surface area (Å²) in [4.78, 5) is 26.3. The zero-order chi connectivity index (χ0) is 31.0. The Kier molecular flexibility index (Phi) is 12.0. The smallest absolute Gasteiger partial charge is 0.293 e. The van der Waals surface area contributed by atoms with Crippen molar-refractivity contribution in [1.29, 1.82) is 0 Å². The molecule has 9 nitrogen and oxygen atoms in total. The fourth-order valence-corrected chi connectivity index (χ4v) is 6.83. The van der Waals surface area contributed by atoms with Gasteiger partial charge in [-0.05, 0) is 83.8 Å². The van der Waals surface area contributed by atoms with Crippen LogP contribution in [0.4, 0.5) is 17.3 Å². The van der Waals surface area contributed by atoms with Crippen molar-refractivity contribution in [2.45, 2.75) is 85.0 Å². The van der Waals surface area contributed by atoms with E-state index in [4.69, 9.17) is 4.74 Å². The minimum absolute atomic E-state index is 0.318. The number of fused-ring (bicyclic) bond motifs is 2. The molecule has 6 rings (SSSR count). The summed E-state index contributed by atoms with van der Waals surface area (Å²) >= 11 is 2.01. The maximum atomic E-state index is 9.60. The lowest BCUT2D eigenvalue weighted by Gasteiger charge is -2.46. The lowest BCUT2D eigenvalue weighted by atomic mass is 9.87. The SMILES string of the molecule is CC(C)(C)OC=O.CCC.Cc1cc(C2CCN(C3CN(C)C3)CC2)cc2c1OCc1c(ncnc1N1CCSCC1)N2. The predicted octanol–water partition coefficient (Wildman–Crippen LogP) is 5.84. The molecule has 0 amide bonds. The molecule has 0 saturated carbocycles. The van der Waals surface area contributed by atoms with Crippen molar-refractivity contribution in [3.05, 3.63) is 35.2 Å². The topological polar surface area (TPSA) is 83.1 Å². The number of piperidine rings is 1. The molecule has 0 aliphatic carbocycles. The van der Waals surface area contributed by atoms with E-state index in [0.717, 1.165) is 59.3 Å². The number of rotatable bonds is 4. The molecule has 10 heteroatoms. The van der Waals surface area contributed by atoms with Crippen LogP contribution in [0.15, 0.2) is 18.5 Å². The van der Waals surface area contributed by atoms with Crippen LogP contribution in [0.2, 0.25) is 0 Å².